The number of Topliss-reactive ketones (excluding diaryl/α,β-unsaturated/α-hetero) is 1. The molecule has 0 fully saturated rings. The molecular weight excluding hydrogens is 267 g/mol. The number of carbonyl (C=O) groups is 1. The molecule has 0 aliphatic carbocycles. The molecule has 0 bridgehead atoms. The largest absolute Gasteiger partial charge is 0.505 e. The van der Waals surface area contributed by atoms with Crippen LogP contribution in [0.2, 0.25) is 10.0 Å². The predicted molar refractivity (Wildman–Crippen MR) is 65.6 cm³/mol. The summed E-state index contributed by atoms with van der Waals surface area (Å²) in [5.41, 5.74) is -0.261. The van der Waals surface area contributed by atoms with Crippen molar-refractivity contribution in [2.45, 2.75) is 19.8 Å². The predicted octanol–water partition coefficient (Wildman–Crippen LogP) is 3.40. The van der Waals surface area contributed by atoms with Crippen molar-refractivity contribution in [3.63, 3.8) is 0 Å². The van der Waals surface area contributed by atoms with Gasteiger partial charge < -0.3 is 14.9 Å². The van der Waals surface area contributed by atoms with Crippen LogP contribution in [-0.4, -0.2) is 23.1 Å². The molecule has 1 aromatic rings. The van der Waals surface area contributed by atoms with E-state index in [1.165, 1.54) is 7.11 Å². The lowest BCUT2D eigenvalue weighted by Crippen LogP contribution is -2.01. The second kappa shape index (κ2) is 5.47. The number of hydrogen-bond acceptors (Lipinski definition) is 4. The Bertz CT molecular complexity index is 428. The van der Waals surface area contributed by atoms with Crippen molar-refractivity contribution < 1.29 is 19.7 Å². The molecule has 0 radical (unpaired) electrons. The molecule has 2 N–H and O–H groups in total. The molecule has 17 heavy (non-hydrogen) atoms. The van der Waals surface area contributed by atoms with Crippen molar-refractivity contribution in [1.29, 1.82) is 0 Å². The zero-order chi connectivity index (χ0) is 13.2. The Labute approximate surface area is 109 Å². The molecule has 0 spiro atoms. The molecule has 0 heterocycles. The third-order valence-corrected chi connectivity index (χ3v) is 2.95. The second-order valence-corrected chi connectivity index (χ2v) is 4.16. The summed E-state index contributed by atoms with van der Waals surface area (Å²) in [5.74, 6) is -1.50. The van der Waals surface area contributed by atoms with Gasteiger partial charge in [-0.1, -0.05) is 30.1 Å². The summed E-state index contributed by atoms with van der Waals surface area (Å²) in [7, 11) is 1.29. The van der Waals surface area contributed by atoms with Crippen molar-refractivity contribution in [2.24, 2.45) is 0 Å². The van der Waals surface area contributed by atoms with Crippen LogP contribution in [0.5, 0.6) is 17.2 Å². The fourth-order valence-corrected chi connectivity index (χ4v) is 2.02. The van der Waals surface area contributed by atoms with E-state index in [1.54, 1.807) is 6.92 Å². The molecule has 1 rings (SSSR count). The van der Waals surface area contributed by atoms with E-state index in [0.717, 1.165) is 0 Å². The summed E-state index contributed by atoms with van der Waals surface area (Å²) >= 11 is 11.6. The molecule has 0 saturated heterocycles. The maximum atomic E-state index is 11.7. The first kappa shape index (κ1) is 13.9. The van der Waals surface area contributed by atoms with Crippen LogP contribution in [0.15, 0.2) is 0 Å². The summed E-state index contributed by atoms with van der Waals surface area (Å²) in [6.45, 7) is 1.80. The number of hydrogen-bond donors (Lipinski definition) is 2. The average molecular weight is 279 g/mol. The molecule has 6 heteroatoms. The molecule has 0 unspecified atom stereocenters. The zero-order valence-electron chi connectivity index (χ0n) is 9.38. The van der Waals surface area contributed by atoms with Crippen LogP contribution in [0.1, 0.15) is 30.1 Å². The van der Waals surface area contributed by atoms with Crippen LogP contribution in [0.3, 0.4) is 0 Å². The van der Waals surface area contributed by atoms with Crippen molar-refractivity contribution in [3.05, 3.63) is 15.6 Å². The van der Waals surface area contributed by atoms with Gasteiger partial charge in [0.1, 0.15) is 15.6 Å². The van der Waals surface area contributed by atoms with Crippen LogP contribution >= 0.6 is 23.2 Å². The number of phenols is 2. The first-order chi connectivity index (χ1) is 7.95. The first-order valence-electron chi connectivity index (χ1n) is 4.95. The Hall–Kier alpha value is -1.13. The van der Waals surface area contributed by atoms with Gasteiger partial charge in [0.25, 0.3) is 0 Å². The van der Waals surface area contributed by atoms with Crippen LogP contribution in [-0.2, 0) is 0 Å². The number of halogens is 2. The monoisotopic (exact) mass is 278 g/mol. The first-order valence-corrected chi connectivity index (χ1v) is 5.71. The Morgan fingerprint density at radius 2 is 1.71 bits per heavy atom. The Morgan fingerprint density at radius 1 is 1.24 bits per heavy atom. The standard InChI is InChI=1S/C11H12Cl2O4/c1-3-4-5(14)6-9(15)7(12)11(17-2)8(13)10(6)16/h15-16H,3-4H2,1-2H3. The van der Waals surface area contributed by atoms with Gasteiger partial charge in [0.05, 0.1) is 7.11 Å². The van der Waals surface area contributed by atoms with E-state index in [4.69, 9.17) is 27.9 Å². The highest BCUT2D eigenvalue weighted by Crippen LogP contribution is 2.48. The third-order valence-electron chi connectivity index (χ3n) is 2.25. The van der Waals surface area contributed by atoms with Gasteiger partial charge in [0, 0.05) is 6.42 Å². The van der Waals surface area contributed by atoms with E-state index in [9.17, 15) is 15.0 Å². The molecule has 0 aliphatic heterocycles. The average Bonchev–Trinajstić information content (AvgIpc) is 2.28. The Morgan fingerprint density at radius 3 is 2.06 bits per heavy atom. The van der Waals surface area contributed by atoms with Crippen LogP contribution in [0, 0.1) is 0 Å². The minimum atomic E-state index is -0.510. The highest BCUT2D eigenvalue weighted by Gasteiger charge is 2.26. The van der Waals surface area contributed by atoms with Crippen molar-refractivity contribution in [3.8, 4) is 17.2 Å². The van der Waals surface area contributed by atoms with Gasteiger partial charge in [-0.2, -0.15) is 0 Å². The van der Waals surface area contributed by atoms with E-state index in [1.807, 2.05) is 0 Å². The fraction of sp³-hybridized carbons (Fsp3) is 0.364. The zero-order valence-corrected chi connectivity index (χ0v) is 10.9. The summed E-state index contributed by atoms with van der Waals surface area (Å²) in [5, 5.41) is 19.1. The number of ketones is 1. The molecule has 0 aromatic heterocycles. The maximum absolute atomic E-state index is 11.7. The summed E-state index contributed by atoms with van der Waals surface area (Å²) in [6, 6.07) is 0. The number of ether oxygens (including phenoxy) is 1. The summed E-state index contributed by atoms with van der Waals surface area (Å²) in [4.78, 5) is 11.7. The highest BCUT2D eigenvalue weighted by molar-refractivity contribution is 6.40. The van der Waals surface area contributed by atoms with Gasteiger partial charge in [-0.3, -0.25) is 4.79 Å². The third kappa shape index (κ3) is 2.42. The number of carbonyl (C=O) groups excluding carboxylic acids is 1. The molecule has 0 saturated carbocycles. The normalized spacial score (nSPS) is 10.4. The van der Waals surface area contributed by atoms with Gasteiger partial charge in [-0.05, 0) is 6.42 Å². The van der Waals surface area contributed by atoms with Crippen LogP contribution < -0.4 is 4.74 Å². The van der Waals surface area contributed by atoms with Crippen molar-refractivity contribution >= 4 is 29.0 Å². The lowest BCUT2D eigenvalue weighted by atomic mass is 10.0. The Kier molecular flexibility index (Phi) is 4.48. The summed E-state index contributed by atoms with van der Waals surface area (Å²) in [6.07, 6.45) is 0.763. The maximum Gasteiger partial charge on any atom is 0.170 e. The topological polar surface area (TPSA) is 66.8 Å². The molecular formula is C11H12Cl2O4. The molecule has 1 aromatic carbocycles. The molecule has 4 nitrogen and oxygen atoms in total. The summed E-state index contributed by atoms with van der Waals surface area (Å²) < 4.78 is 4.84. The molecule has 0 atom stereocenters. The second-order valence-electron chi connectivity index (χ2n) is 3.41. The SMILES string of the molecule is CCCC(=O)c1c(O)c(Cl)c(OC)c(Cl)c1O. The Balaban J connectivity index is 3.48. The minimum absolute atomic E-state index is 0.0589. The van der Waals surface area contributed by atoms with Gasteiger partial charge in [-0.25, -0.2) is 0 Å². The highest BCUT2D eigenvalue weighted by atomic mass is 35.5. The quantitative estimate of drug-likeness (QED) is 0.829. The van der Waals surface area contributed by atoms with E-state index in [2.05, 4.69) is 0 Å². The molecule has 0 aliphatic rings. The van der Waals surface area contributed by atoms with Crippen LogP contribution in [0.25, 0.3) is 0 Å². The van der Waals surface area contributed by atoms with E-state index in [-0.39, 0.29) is 27.8 Å². The van der Waals surface area contributed by atoms with Gasteiger partial charge in [-0.15, -0.1) is 0 Å². The van der Waals surface area contributed by atoms with Crippen LogP contribution in [0.4, 0.5) is 0 Å². The smallest absolute Gasteiger partial charge is 0.170 e. The van der Waals surface area contributed by atoms with Crippen molar-refractivity contribution in [1.82, 2.24) is 0 Å². The van der Waals surface area contributed by atoms with E-state index >= 15 is 0 Å². The number of phenolic OH excluding ortho intramolecular Hbond substituents is 2. The number of benzene rings is 1. The number of rotatable bonds is 4. The number of aromatic hydroxyl groups is 2. The number of methoxy groups -OCH3 is 1. The lowest BCUT2D eigenvalue weighted by Gasteiger charge is -2.13. The van der Waals surface area contributed by atoms with E-state index < -0.39 is 17.3 Å². The van der Waals surface area contributed by atoms with Gasteiger partial charge >= 0.3 is 0 Å². The fourth-order valence-electron chi connectivity index (χ4n) is 1.44. The molecule has 94 valence electrons. The minimum Gasteiger partial charge on any atom is -0.505 e. The lowest BCUT2D eigenvalue weighted by molar-refractivity contribution is 0.0976. The van der Waals surface area contributed by atoms with Gasteiger partial charge in [0.15, 0.2) is 23.0 Å². The van der Waals surface area contributed by atoms with Gasteiger partial charge in [0.2, 0.25) is 0 Å². The van der Waals surface area contributed by atoms with Crippen molar-refractivity contribution in [2.75, 3.05) is 7.11 Å². The molecule has 0 amide bonds. The van der Waals surface area contributed by atoms with E-state index in [0.29, 0.717) is 6.42 Å².